The lowest BCUT2D eigenvalue weighted by molar-refractivity contribution is 0.0152. The number of rotatable bonds is 7. The molecule has 1 N–H and O–H groups in total. The Kier molecular flexibility index (Phi) is 7.54. The summed E-state index contributed by atoms with van der Waals surface area (Å²) in [5.41, 5.74) is 3.41. The summed E-state index contributed by atoms with van der Waals surface area (Å²) in [4.78, 5) is 38.9. The van der Waals surface area contributed by atoms with Gasteiger partial charge in [0.1, 0.15) is 0 Å². The quantitative estimate of drug-likeness (QED) is 0.481. The minimum atomic E-state index is -0.428. The van der Waals surface area contributed by atoms with E-state index in [0.717, 1.165) is 30.7 Å². The summed E-state index contributed by atoms with van der Waals surface area (Å²) in [5, 5.41) is 7.87. The number of aryl methyl sites for hydroxylation is 2. The molecule has 0 aliphatic carbocycles. The lowest BCUT2D eigenvalue weighted by Gasteiger charge is -2.36. The van der Waals surface area contributed by atoms with Crippen LogP contribution in [0.15, 0.2) is 24.3 Å². The first-order chi connectivity index (χ1) is 16.8. The Hall–Kier alpha value is -3.20. The van der Waals surface area contributed by atoms with E-state index in [-0.39, 0.29) is 23.8 Å². The zero-order valence-electron chi connectivity index (χ0n) is 20.8. The number of hydrogen-bond acceptors (Lipinski definition) is 6. The number of ether oxygens (including phenoxy) is 2. The summed E-state index contributed by atoms with van der Waals surface area (Å²) < 4.78 is 13.0. The highest BCUT2D eigenvalue weighted by Gasteiger charge is 2.39. The van der Waals surface area contributed by atoms with Crippen molar-refractivity contribution in [2.45, 2.75) is 45.6 Å². The molecular weight excluding hydrogens is 448 g/mol. The molecule has 2 aliphatic rings. The molecule has 9 nitrogen and oxygen atoms in total. The Bertz CT molecular complexity index is 1080. The van der Waals surface area contributed by atoms with Crippen molar-refractivity contribution < 1.29 is 23.9 Å². The maximum Gasteiger partial charge on any atom is 0.338 e. The normalized spacial score (nSPS) is 16.8. The van der Waals surface area contributed by atoms with Gasteiger partial charge in [-0.2, -0.15) is 5.10 Å². The molecule has 2 amide bonds. The lowest BCUT2D eigenvalue weighted by atomic mass is 9.76. The Balaban J connectivity index is 1.39. The first-order valence-corrected chi connectivity index (χ1v) is 12.3. The van der Waals surface area contributed by atoms with Crippen LogP contribution in [0.5, 0.6) is 0 Å². The van der Waals surface area contributed by atoms with Crippen molar-refractivity contribution in [3.63, 3.8) is 0 Å². The van der Waals surface area contributed by atoms with Crippen LogP contribution < -0.4 is 5.32 Å². The molecule has 1 aromatic heterocycles. The van der Waals surface area contributed by atoms with E-state index in [1.54, 1.807) is 38.4 Å². The standard InChI is InChI=1S/C26H34N4O5/c1-4-20-22-21(16-26(17-27-23(22)31)10-14-34-15-11-26)30(28-20)12-5-13-35-25(33)19-8-6-18(7-9-19)24(32)29(2)3/h6-9H,4-5,10-17H2,1-3H3,(H,27,31). The zero-order chi connectivity index (χ0) is 25.0. The number of nitrogens with one attached hydrogen (secondary N) is 1. The van der Waals surface area contributed by atoms with Crippen molar-refractivity contribution in [2.24, 2.45) is 5.41 Å². The molecule has 1 spiro atoms. The molecule has 0 unspecified atom stereocenters. The fourth-order valence-electron chi connectivity index (χ4n) is 4.83. The number of carbonyl (C=O) groups is 3. The fraction of sp³-hybridized carbons (Fsp3) is 0.538. The van der Waals surface area contributed by atoms with E-state index in [9.17, 15) is 14.4 Å². The number of esters is 1. The van der Waals surface area contributed by atoms with Gasteiger partial charge in [-0.3, -0.25) is 14.3 Å². The molecule has 2 aromatic rings. The van der Waals surface area contributed by atoms with Gasteiger partial charge < -0.3 is 19.7 Å². The molecule has 0 radical (unpaired) electrons. The van der Waals surface area contributed by atoms with Gasteiger partial charge in [-0.25, -0.2) is 4.79 Å². The number of fused-ring (bicyclic) bond motifs is 1. The summed E-state index contributed by atoms with van der Waals surface area (Å²) in [7, 11) is 3.37. The molecule has 4 rings (SSSR count). The van der Waals surface area contributed by atoms with Gasteiger partial charge in [-0.1, -0.05) is 6.92 Å². The van der Waals surface area contributed by atoms with Crippen molar-refractivity contribution in [1.82, 2.24) is 20.0 Å². The van der Waals surface area contributed by atoms with Gasteiger partial charge >= 0.3 is 5.97 Å². The lowest BCUT2D eigenvalue weighted by Crippen LogP contribution is -2.40. The van der Waals surface area contributed by atoms with Crippen LogP contribution in [0, 0.1) is 5.41 Å². The van der Waals surface area contributed by atoms with E-state index in [1.807, 2.05) is 11.6 Å². The van der Waals surface area contributed by atoms with Crippen LogP contribution in [0.4, 0.5) is 0 Å². The van der Waals surface area contributed by atoms with Crippen LogP contribution in [-0.4, -0.2) is 72.9 Å². The molecule has 2 aliphatic heterocycles. The highest BCUT2D eigenvalue weighted by molar-refractivity contribution is 5.97. The van der Waals surface area contributed by atoms with Gasteiger partial charge in [0.2, 0.25) is 0 Å². The third kappa shape index (κ3) is 5.40. The molecule has 3 heterocycles. The Morgan fingerprint density at radius 3 is 2.51 bits per heavy atom. The molecular formula is C26H34N4O5. The van der Waals surface area contributed by atoms with Gasteiger partial charge in [0.25, 0.3) is 11.8 Å². The summed E-state index contributed by atoms with van der Waals surface area (Å²) >= 11 is 0. The third-order valence-corrected chi connectivity index (χ3v) is 6.93. The van der Waals surface area contributed by atoms with Crippen LogP contribution >= 0.6 is 0 Å². The zero-order valence-corrected chi connectivity index (χ0v) is 20.8. The predicted molar refractivity (Wildman–Crippen MR) is 129 cm³/mol. The minimum Gasteiger partial charge on any atom is -0.462 e. The largest absolute Gasteiger partial charge is 0.462 e. The molecule has 1 saturated heterocycles. The van der Waals surface area contributed by atoms with Crippen LogP contribution in [0.2, 0.25) is 0 Å². The second kappa shape index (κ2) is 10.6. The summed E-state index contributed by atoms with van der Waals surface area (Å²) in [6, 6.07) is 6.46. The first kappa shape index (κ1) is 24.9. The van der Waals surface area contributed by atoms with E-state index in [4.69, 9.17) is 14.6 Å². The number of amides is 2. The molecule has 0 bridgehead atoms. The predicted octanol–water partition coefficient (Wildman–Crippen LogP) is 2.48. The Labute approximate surface area is 205 Å². The van der Waals surface area contributed by atoms with Crippen molar-refractivity contribution in [3.05, 3.63) is 52.3 Å². The van der Waals surface area contributed by atoms with Gasteiger partial charge in [-0.15, -0.1) is 0 Å². The van der Waals surface area contributed by atoms with E-state index in [1.165, 1.54) is 4.90 Å². The number of hydrogen-bond donors (Lipinski definition) is 1. The van der Waals surface area contributed by atoms with Gasteiger partial charge in [0.15, 0.2) is 0 Å². The second-order valence-electron chi connectivity index (χ2n) is 9.58. The highest BCUT2D eigenvalue weighted by atomic mass is 16.5. The number of carbonyl (C=O) groups excluding carboxylic acids is 3. The van der Waals surface area contributed by atoms with Crippen molar-refractivity contribution in [2.75, 3.05) is 40.5 Å². The number of benzene rings is 1. The molecule has 0 atom stereocenters. The topological polar surface area (TPSA) is 103 Å². The maximum atomic E-state index is 12.9. The molecule has 1 aromatic carbocycles. The monoisotopic (exact) mass is 482 g/mol. The van der Waals surface area contributed by atoms with E-state index < -0.39 is 5.97 Å². The SMILES string of the molecule is CCc1nn(CCCOC(=O)c2ccc(C(=O)N(C)C)cc2)c2c1C(=O)NCC1(CCOCC1)C2. The highest BCUT2D eigenvalue weighted by Crippen LogP contribution is 2.37. The van der Waals surface area contributed by atoms with E-state index in [0.29, 0.717) is 55.8 Å². The van der Waals surface area contributed by atoms with Crippen molar-refractivity contribution in [3.8, 4) is 0 Å². The minimum absolute atomic E-state index is 0.00541. The number of aromatic nitrogens is 2. The molecule has 35 heavy (non-hydrogen) atoms. The van der Waals surface area contributed by atoms with Gasteiger partial charge in [0.05, 0.1) is 29.1 Å². The molecule has 188 valence electrons. The van der Waals surface area contributed by atoms with Crippen molar-refractivity contribution >= 4 is 17.8 Å². The van der Waals surface area contributed by atoms with Crippen LogP contribution in [0.1, 0.15) is 68.6 Å². The second-order valence-corrected chi connectivity index (χ2v) is 9.58. The molecule has 0 saturated carbocycles. The van der Waals surface area contributed by atoms with Gasteiger partial charge in [-0.05, 0) is 55.4 Å². The molecule has 1 fully saturated rings. The average Bonchev–Trinajstić information content (AvgIpc) is 3.15. The summed E-state index contributed by atoms with van der Waals surface area (Å²) in [6.45, 7) is 4.88. The van der Waals surface area contributed by atoms with Gasteiger partial charge in [0, 0.05) is 52.4 Å². The Morgan fingerprint density at radius 1 is 1.17 bits per heavy atom. The average molecular weight is 483 g/mol. The summed E-state index contributed by atoms with van der Waals surface area (Å²) in [6.07, 6.45) is 3.87. The number of nitrogens with zero attached hydrogens (tertiary/aromatic N) is 3. The van der Waals surface area contributed by atoms with E-state index in [2.05, 4.69) is 5.32 Å². The van der Waals surface area contributed by atoms with Crippen LogP contribution in [0.25, 0.3) is 0 Å². The maximum absolute atomic E-state index is 12.9. The molecule has 9 heteroatoms. The summed E-state index contributed by atoms with van der Waals surface area (Å²) in [5.74, 6) is -0.594. The van der Waals surface area contributed by atoms with E-state index >= 15 is 0 Å². The Morgan fingerprint density at radius 2 is 1.86 bits per heavy atom. The van der Waals surface area contributed by atoms with Crippen LogP contribution in [0.3, 0.4) is 0 Å². The fourth-order valence-corrected chi connectivity index (χ4v) is 4.83. The van der Waals surface area contributed by atoms with Crippen molar-refractivity contribution in [1.29, 1.82) is 0 Å². The first-order valence-electron chi connectivity index (χ1n) is 12.3. The van der Waals surface area contributed by atoms with Crippen LogP contribution in [-0.2, 0) is 28.9 Å². The smallest absolute Gasteiger partial charge is 0.338 e. The third-order valence-electron chi connectivity index (χ3n) is 6.93.